The highest BCUT2D eigenvalue weighted by Crippen LogP contribution is 2.63. The van der Waals surface area contributed by atoms with E-state index in [9.17, 15) is 0 Å². The summed E-state index contributed by atoms with van der Waals surface area (Å²) in [6.45, 7) is 4.74. The summed E-state index contributed by atoms with van der Waals surface area (Å²) >= 11 is 0. The number of hydrogen-bond donors (Lipinski definition) is 0. The largest absolute Gasteiger partial charge is 0.0789 e. The van der Waals surface area contributed by atoms with Gasteiger partial charge in [-0.15, -0.1) is 0 Å². The standard InChI is InChI=1S/C74H56/c1-73(2)68-37-16-14-32-61(68)63-41-39-50(46-70(63)73)45-56(51-22-6-3-7-23-51)44-49-21-18-24-52(43-49)53-25-19-26-54(47-53)55-40-42-60-59-31-12-13-34-64(59)71(67(60)48-55)66-36-20-35-65-62-33-15-17-38-69(62)74(72(65)66,57-27-8-4-9-28-57)58-29-10-5-11-30-58/h3-44,46-48,62,69,71H,45H2,1-2H3. The minimum atomic E-state index is -0.387. The smallest absolute Gasteiger partial charge is 0.0528 e. The molecule has 0 bridgehead atoms. The summed E-state index contributed by atoms with van der Waals surface area (Å²) in [5.74, 6) is 0.547. The summed E-state index contributed by atoms with van der Waals surface area (Å²) in [4.78, 5) is 0. The van der Waals surface area contributed by atoms with Gasteiger partial charge < -0.3 is 0 Å². The van der Waals surface area contributed by atoms with E-state index in [0.717, 1.165) is 6.42 Å². The van der Waals surface area contributed by atoms with E-state index < -0.39 is 0 Å². The first-order valence-corrected chi connectivity index (χ1v) is 26.5. The molecule has 0 aromatic heterocycles. The van der Waals surface area contributed by atoms with Crippen LogP contribution in [0.25, 0.3) is 56.2 Å². The Morgan fingerprint density at radius 2 is 0.986 bits per heavy atom. The molecule has 0 amide bonds. The number of fused-ring (bicyclic) bond motifs is 9. The van der Waals surface area contributed by atoms with Gasteiger partial charge in [-0.25, -0.2) is 0 Å². The average Bonchev–Trinajstić information content (AvgIpc) is 4.09. The molecule has 0 fully saturated rings. The maximum absolute atomic E-state index is 2.51. The molecule has 0 N–H and O–H groups in total. The minimum absolute atomic E-state index is 0.0390. The summed E-state index contributed by atoms with van der Waals surface area (Å²) in [6, 6.07) is 91.6. The summed E-state index contributed by atoms with van der Waals surface area (Å²) in [6.07, 6.45) is 12.7. The van der Waals surface area contributed by atoms with Crippen molar-refractivity contribution in [1.82, 2.24) is 0 Å². The molecule has 3 unspecified atom stereocenters. The molecule has 0 saturated carbocycles. The fraction of sp³-hybridized carbons (Fsp3) is 0.108. The normalized spacial score (nSPS) is 18.0. The quantitative estimate of drug-likeness (QED) is 0.127. The van der Waals surface area contributed by atoms with Gasteiger partial charge in [-0.2, -0.15) is 0 Å². The van der Waals surface area contributed by atoms with Gasteiger partial charge in [0.2, 0.25) is 0 Å². The molecular weight excluding hydrogens is 889 g/mol. The lowest BCUT2D eigenvalue weighted by Gasteiger charge is -2.40. The second-order valence-corrected chi connectivity index (χ2v) is 21.5. The van der Waals surface area contributed by atoms with Gasteiger partial charge in [-0.1, -0.05) is 269 Å². The summed E-state index contributed by atoms with van der Waals surface area (Å²) < 4.78 is 0. The predicted octanol–water partition coefficient (Wildman–Crippen LogP) is 18.4. The van der Waals surface area contributed by atoms with Crippen LogP contribution >= 0.6 is 0 Å². The monoisotopic (exact) mass is 944 g/mol. The first-order chi connectivity index (χ1) is 36.4. The van der Waals surface area contributed by atoms with Crippen LogP contribution in [0.2, 0.25) is 0 Å². The zero-order valence-electron chi connectivity index (χ0n) is 41.9. The van der Waals surface area contributed by atoms with Crippen LogP contribution in [-0.2, 0) is 17.3 Å². The molecule has 4 aliphatic rings. The zero-order valence-corrected chi connectivity index (χ0v) is 41.9. The van der Waals surface area contributed by atoms with Gasteiger partial charge in [0.25, 0.3) is 0 Å². The topological polar surface area (TPSA) is 0 Å². The molecule has 0 aliphatic heterocycles. The first kappa shape index (κ1) is 44.1. The number of allylic oxidation sites excluding steroid dienone is 5. The Labute approximate surface area is 436 Å². The van der Waals surface area contributed by atoms with Crippen molar-refractivity contribution in [3.63, 3.8) is 0 Å². The van der Waals surface area contributed by atoms with Crippen LogP contribution in [0.3, 0.4) is 0 Å². The van der Waals surface area contributed by atoms with Crippen LogP contribution in [0, 0.1) is 5.92 Å². The van der Waals surface area contributed by atoms with E-state index in [2.05, 4.69) is 287 Å². The van der Waals surface area contributed by atoms with Crippen molar-refractivity contribution in [2.24, 2.45) is 5.92 Å². The van der Waals surface area contributed by atoms with Crippen LogP contribution in [-0.4, -0.2) is 0 Å². The van der Waals surface area contributed by atoms with Gasteiger partial charge in [-0.3, -0.25) is 0 Å². The van der Waals surface area contributed by atoms with Gasteiger partial charge in [-0.05, 0) is 141 Å². The van der Waals surface area contributed by atoms with Gasteiger partial charge in [0, 0.05) is 23.2 Å². The number of hydrogen-bond acceptors (Lipinski definition) is 0. The summed E-state index contributed by atoms with van der Waals surface area (Å²) in [5, 5.41) is 0. The second kappa shape index (κ2) is 17.6. The molecule has 0 radical (unpaired) electrons. The van der Waals surface area contributed by atoms with E-state index in [-0.39, 0.29) is 28.6 Å². The Bertz CT molecular complexity index is 3860. The Balaban J connectivity index is 0.848. The molecule has 0 heteroatoms. The van der Waals surface area contributed by atoms with E-state index in [1.807, 2.05) is 0 Å². The van der Waals surface area contributed by atoms with Gasteiger partial charge in [0.15, 0.2) is 0 Å². The van der Waals surface area contributed by atoms with Crippen molar-refractivity contribution in [3.05, 3.63) is 334 Å². The SMILES string of the molecule is CC1(C)c2ccccc2-c2ccc(CC(=Cc3cccc(-c4cccc(-c5ccc6c(c5)C(c5cccc7c5C(c5ccccc5)(c5ccccc5)C5C=CC=CC75)c5ccccc5-6)c4)c3)c3ccccc3)cc21. The Hall–Kier alpha value is -8.58. The lowest BCUT2D eigenvalue weighted by Crippen LogP contribution is -2.36. The van der Waals surface area contributed by atoms with Crippen LogP contribution in [0.5, 0.6) is 0 Å². The zero-order chi connectivity index (χ0) is 49.4. The highest BCUT2D eigenvalue weighted by Gasteiger charge is 2.55. The van der Waals surface area contributed by atoms with Crippen molar-refractivity contribution in [1.29, 1.82) is 0 Å². The molecular formula is C74H56. The van der Waals surface area contributed by atoms with E-state index in [1.54, 1.807) is 0 Å². The van der Waals surface area contributed by atoms with Crippen molar-refractivity contribution < 1.29 is 0 Å². The van der Waals surface area contributed by atoms with E-state index >= 15 is 0 Å². The molecule has 0 nitrogen and oxygen atoms in total. The third-order valence-electron chi connectivity index (χ3n) is 17.2. The molecule has 0 saturated heterocycles. The maximum Gasteiger partial charge on any atom is 0.0528 e. The van der Waals surface area contributed by atoms with Gasteiger partial charge in [0.1, 0.15) is 0 Å². The highest BCUT2D eigenvalue weighted by atomic mass is 14.6. The lowest BCUT2D eigenvalue weighted by atomic mass is 9.61. The van der Waals surface area contributed by atoms with E-state index in [1.165, 1.54) is 117 Å². The maximum atomic E-state index is 2.51. The van der Waals surface area contributed by atoms with Crippen molar-refractivity contribution in [2.45, 2.75) is 42.9 Å². The molecule has 352 valence electrons. The lowest BCUT2D eigenvalue weighted by molar-refractivity contribution is 0.454. The fourth-order valence-corrected chi connectivity index (χ4v) is 13.9. The molecule has 10 aromatic carbocycles. The van der Waals surface area contributed by atoms with Crippen LogP contribution in [0.4, 0.5) is 0 Å². The second-order valence-electron chi connectivity index (χ2n) is 21.5. The minimum Gasteiger partial charge on any atom is -0.0789 e. The van der Waals surface area contributed by atoms with Crippen molar-refractivity contribution in [3.8, 4) is 44.5 Å². The van der Waals surface area contributed by atoms with Crippen molar-refractivity contribution >= 4 is 11.6 Å². The van der Waals surface area contributed by atoms with Gasteiger partial charge in [0.05, 0.1) is 5.41 Å². The molecule has 3 atom stereocenters. The summed E-state index contributed by atoms with van der Waals surface area (Å²) in [5.41, 5.74) is 27.4. The molecule has 74 heavy (non-hydrogen) atoms. The van der Waals surface area contributed by atoms with E-state index in [0.29, 0.717) is 0 Å². The average molecular weight is 945 g/mol. The van der Waals surface area contributed by atoms with E-state index in [4.69, 9.17) is 0 Å². The number of rotatable bonds is 9. The third kappa shape index (κ3) is 6.96. The Kier molecular flexibility index (Phi) is 10.5. The molecule has 10 aromatic rings. The number of benzene rings is 10. The van der Waals surface area contributed by atoms with Crippen LogP contribution in [0.15, 0.2) is 267 Å². The predicted molar refractivity (Wildman–Crippen MR) is 309 cm³/mol. The van der Waals surface area contributed by atoms with Crippen LogP contribution < -0.4 is 0 Å². The van der Waals surface area contributed by atoms with Gasteiger partial charge >= 0.3 is 0 Å². The molecule has 0 heterocycles. The first-order valence-electron chi connectivity index (χ1n) is 26.5. The molecule has 0 spiro atoms. The van der Waals surface area contributed by atoms with Crippen LogP contribution in [0.1, 0.15) is 92.4 Å². The fourth-order valence-electron chi connectivity index (χ4n) is 13.9. The Morgan fingerprint density at radius 3 is 1.76 bits per heavy atom. The molecule has 4 aliphatic carbocycles. The Morgan fingerprint density at radius 1 is 0.419 bits per heavy atom. The van der Waals surface area contributed by atoms with Crippen molar-refractivity contribution in [2.75, 3.05) is 0 Å². The summed E-state index contributed by atoms with van der Waals surface area (Å²) in [7, 11) is 0. The highest BCUT2D eigenvalue weighted by molar-refractivity contribution is 5.88. The third-order valence-corrected chi connectivity index (χ3v) is 17.2. The molecule has 14 rings (SSSR count).